The summed E-state index contributed by atoms with van der Waals surface area (Å²) in [5.74, 6) is 2.59. The van der Waals surface area contributed by atoms with Crippen LogP contribution in [0.5, 0.6) is 0 Å². The molecule has 0 radical (unpaired) electrons. The molecule has 0 aromatic heterocycles. The average Bonchev–Trinajstić information content (AvgIpc) is 2.98. The molecule has 0 aliphatic heterocycles. The van der Waals surface area contributed by atoms with Crippen LogP contribution in [-0.4, -0.2) is 25.4 Å². The molecule has 0 saturated heterocycles. The minimum absolute atomic E-state index is 0.586. The normalized spacial score (nSPS) is 15.6. The topological polar surface area (TPSA) is 0 Å². The number of halogens is 2. The van der Waals surface area contributed by atoms with Crippen LogP contribution in [0.3, 0.4) is 0 Å². The molecule has 46 heavy (non-hydrogen) atoms. The van der Waals surface area contributed by atoms with Crippen molar-refractivity contribution in [3.8, 4) is 0 Å². The quantitative estimate of drug-likeness (QED) is 0.0492. The van der Waals surface area contributed by atoms with Crippen LogP contribution in [-0.2, 0) is 0 Å². The fraction of sp³-hybridized carbons (Fsp3) is 0.857. The first kappa shape index (κ1) is 46.0. The van der Waals surface area contributed by atoms with Gasteiger partial charge in [-0.1, -0.05) is 176 Å². The van der Waals surface area contributed by atoms with Crippen molar-refractivity contribution in [2.24, 2.45) is 23.7 Å². The summed E-state index contributed by atoms with van der Waals surface area (Å²) in [6.07, 6.45) is 23.1. The van der Waals surface area contributed by atoms with Crippen LogP contribution in [0, 0.1) is 35.3 Å². The van der Waals surface area contributed by atoms with E-state index in [2.05, 4.69) is 69.2 Å². The summed E-state index contributed by atoms with van der Waals surface area (Å²) in [5.41, 5.74) is 0. The first-order valence-corrected chi connectivity index (χ1v) is 25.7. The van der Waals surface area contributed by atoms with Crippen LogP contribution < -0.4 is 5.30 Å². The van der Waals surface area contributed by atoms with E-state index in [0.717, 1.165) is 48.8 Å². The van der Waals surface area contributed by atoms with Gasteiger partial charge in [-0.25, -0.2) is 4.39 Å². The first-order valence-electron chi connectivity index (χ1n) is 20.5. The molecule has 0 nitrogen and oxygen atoms in total. The molecule has 1 rings (SSSR count). The highest BCUT2D eigenvalue weighted by Crippen LogP contribution is 2.41. The maximum absolute atomic E-state index is 14.1. The third-order valence-corrected chi connectivity index (χ3v) is 21.0. The molecule has 1 aromatic carbocycles. The summed E-state index contributed by atoms with van der Waals surface area (Å²) >= 11 is -1.55. The zero-order valence-corrected chi connectivity index (χ0v) is 35.1. The lowest BCUT2D eigenvalue weighted by molar-refractivity contribution is 0.497. The van der Waals surface area contributed by atoms with E-state index in [1.807, 2.05) is 6.07 Å². The number of rotatable bonds is 27. The third kappa shape index (κ3) is 21.2. The van der Waals surface area contributed by atoms with Crippen molar-refractivity contribution in [3.05, 3.63) is 29.8 Å². The van der Waals surface area contributed by atoms with Crippen LogP contribution in [0.1, 0.15) is 172 Å². The van der Waals surface area contributed by atoms with Crippen molar-refractivity contribution in [2.45, 2.75) is 193 Å². The highest BCUT2D eigenvalue weighted by molar-refractivity contribution is 7.65. The van der Waals surface area contributed by atoms with Crippen molar-refractivity contribution in [3.63, 3.8) is 0 Å². The summed E-state index contributed by atoms with van der Waals surface area (Å²) < 4.78 is 27.5. The fourth-order valence-electron chi connectivity index (χ4n) is 9.14. The fourth-order valence-corrected chi connectivity index (χ4v) is 21.0. The predicted molar refractivity (Wildman–Crippen MR) is 214 cm³/mol. The van der Waals surface area contributed by atoms with Gasteiger partial charge >= 0.3 is 0 Å². The van der Waals surface area contributed by atoms with E-state index in [9.17, 15) is 8.78 Å². The minimum atomic E-state index is -1.55. The predicted octanol–water partition coefficient (Wildman–Crippen LogP) is 15.1. The van der Waals surface area contributed by atoms with Crippen LogP contribution in [0.15, 0.2) is 18.2 Å². The molecule has 0 aliphatic rings. The van der Waals surface area contributed by atoms with Gasteiger partial charge in [0.1, 0.15) is 18.4 Å². The monoisotopic (exact) mass is 683 g/mol. The van der Waals surface area contributed by atoms with Crippen LogP contribution >= 0.6 is 7.92 Å². The molecule has 0 spiro atoms. The molecule has 0 amide bonds. The molecule has 0 saturated carbocycles. The summed E-state index contributed by atoms with van der Waals surface area (Å²) in [4.78, 5) is 0. The smallest absolute Gasteiger partial charge is 0.200 e. The molecule has 1 aromatic rings. The third-order valence-electron chi connectivity index (χ3n) is 10.7. The number of benzene rings is 1. The van der Waals surface area contributed by atoms with E-state index in [4.69, 9.17) is 0 Å². The molecule has 4 unspecified atom stereocenters. The van der Waals surface area contributed by atoms with Gasteiger partial charge in [-0.05, 0) is 37.8 Å². The molecule has 272 valence electrons. The molecule has 0 N–H and O–H groups in total. The molecule has 4 heteroatoms. The standard InChI is InChI=1S/C18H29F2P.4C6H13.Al/c1-3-5-7-9-14-21(15-10-8-6-4-2)17-13-11-12-16(19)18(17)20;4*1-4-5-6(2)3;/h11-13H,3-10,14-15H2,1-2H3;4*6H,2,4-5H2,1,3H3;/q;;;;;-1/p+1. The zero-order chi connectivity index (χ0) is 34.8. The summed E-state index contributed by atoms with van der Waals surface area (Å²) in [6.45, 7) is 24.2. The second kappa shape index (κ2) is 28.8. The minimum Gasteiger partial charge on any atom is -0.204 e. The maximum atomic E-state index is 14.1. The van der Waals surface area contributed by atoms with E-state index in [-0.39, 0.29) is 0 Å². The van der Waals surface area contributed by atoms with Crippen molar-refractivity contribution in [1.29, 1.82) is 0 Å². The van der Waals surface area contributed by atoms with Crippen LogP contribution in [0.2, 0.25) is 21.1 Å². The van der Waals surface area contributed by atoms with Gasteiger partial charge in [-0.15, -0.1) is 0 Å². The lowest BCUT2D eigenvalue weighted by Crippen LogP contribution is -2.41. The molecule has 0 fully saturated rings. The Kier molecular flexibility index (Phi) is 28.9. The highest BCUT2D eigenvalue weighted by atomic mass is 31.1. The summed E-state index contributed by atoms with van der Waals surface area (Å²) in [5, 5.41) is 7.23. The van der Waals surface area contributed by atoms with E-state index in [1.165, 1.54) is 96.0 Å². The number of unbranched alkanes of at least 4 members (excludes halogenated alkanes) is 6. The van der Waals surface area contributed by atoms with Crippen LogP contribution in [0.25, 0.3) is 0 Å². The van der Waals surface area contributed by atoms with Gasteiger partial charge in [0.25, 0.3) is 0 Å². The highest BCUT2D eigenvalue weighted by Gasteiger charge is 2.34. The van der Waals surface area contributed by atoms with Gasteiger partial charge in [-0.3, -0.25) is 0 Å². The second-order valence-electron chi connectivity index (χ2n) is 16.1. The molecule has 0 aliphatic carbocycles. The Labute approximate surface area is 292 Å². The van der Waals surface area contributed by atoms with E-state index >= 15 is 0 Å². The molecule has 0 heterocycles. The summed E-state index contributed by atoms with van der Waals surface area (Å²) in [6, 6.07) is 4.70. The van der Waals surface area contributed by atoms with Crippen LogP contribution in [0.4, 0.5) is 8.78 Å². The van der Waals surface area contributed by atoms with Gasteiger partial charge in [0.15, 0.2) is 5.82 Å². The van der Waals surface area contributed by atoms with Gasteiger partial charge in [-0.2, -0.15) is 25.5 Å². The van der Waals surface area contributed by atoms with Crippen molar-refractivity contribution in [2.75, 3.05) is 12.3 Å². The second-order valence-corrected chi connectivity index (χ2v) is 24.2. The van der Waals surface area contributed by atoms with Gasteiger partial charge in [0.2, 0.25) is 5.82 Å². The number of hydrogen-bond acceptors (Lipinski definition) is 0. The zero-order valence-electron chi connectivity index (χ0n) is 32.9. The Morgan fingerprint density at radius 1 is 0.522 bits per heavy atom. The van der Waals surface area contributed by atoms with E-state index < -0.39 is 32.6 Å². The van der Waals surface area contributed by atoms with Gasteiger partial charge in [0.05, 0.1) is 12.3 Å². The van der Waals surface area contributed by atoms with Crippen molar-refractivity contribution in [1.82, 2.24) is 0 Å². The Balaban J connectivity index is 0.000000892. The van der Waals surface area contributed by atoms with Crippen molar-refractivity contribution >= 4 is 26.3 Å². The SMILES string of the molecule is CCCC(C)[CH2][Al-]([CH2]C(C)CCC)([CH2]C(C)CCC)[CH2]C(C)CCC.CCCCCC[PH+](CCCCCC)c1cccc(F)c1F. The average molecular weight is 683 g/mol. The Morgan fingerprint density at radius 3 is 1.22 bits per heavy atom. The van der Waals surface area contributed by atoms with Gasteiger partial charge < -0.3 is 0 Å². The van der Waals surface area contributed by atoms with E-state index in [1.54, 1.807) is 27.2 Å². The Hall–Kier alpha value is 0.0425. The van der Waals surface area contributed by atoms with E-state index in [0.29, 0.717) is 5.30 Å². The molecule has 4 atom stereocenters. The molecule has 0 bridgehead atoms. The van der Waals surface area contributed by atoms with Gasteiger partial charge in [0, 0.05) is 7.92 Å². The maximum Gasteiger partial charge on any atom is 0.200 e. The lowest BCUT2D eigenvalue weighted by Gasteiger charge is -2.44. The molecular formula is C42H82AlF2P. The number of hydrogen-bond donors (Lipinski definition) is 0. The Bertz CT molecular complexity index is 756. The molecular weight excluding hydrogens is 600 g/mol. The Morgan fingerprint density at radius 2 is 0.891 bits per heavy atom. The van der Waals surface area contributed by atoms with Crippen molar-refractivity contribution < 1.29 is 8.78 Å². The lowest BCUT2D eigenvalue weighted by atomic mass is 10.1. The largest absolute Gasteiger partial charge is 0.204 e. The summed E-state index contributed by atoms with van der Waals surface area (Å²) in [7, 11) is -0.950. The first-order chi connectivity index (χ1) is 22.0.